The van der Waals surface area contributed by atoms with E-state index in [4.69, 9.17) is 9.40 Å². The van der Waals surface area contributed by atoms with Gasteiger partial charge in [-0.3, -0.25) is 14.6 Å². The van der Waals surface area contributed by atoms with Crippen molar-refractivity contribution in [2.45, 2.75) is 51.9 Å². The van der Waals surface area contributed by atoms with Gasteiger partial charge in [0, 0.05) is 48.8 Å². The van der Waals surface area contributed by atoms with Crippen molar-refractivity contribution in [3.8, 4) is 11.1 Å². The number of fused-ring (bicyclic) bond motifs is 1. The van der Waals surface area contributed by atoms with Gasteiger partial charge in [-0.2, -0.15) is 0 Å². The van der Waals surface area contributed by atoms with E-state index >= 15 is 0 Å². The first-order valence-corrected chi connectivity index (χ1v) is 11.5. The highest BCUT2D eigenvalue weighted by atomic mass is 16.4. The largest absolute Gasteiger partial charge is 0.455 e. The number of Topliss-reactive ketones (excluding diaryl/α,β-unsaturated/α-hetero) is 1. The smallest absolute Gasteiger partial charge is 0.289 e. The van der Waals surface area contributed by atoms with E-state index in [0.29, 0.717) is 42.2 Å². The molecule has 1 fully saturated rings. The maximum Gasteiger partial charge on any atom is 0.289 e. The van der Waals surface area contributed by atoms with Crippen molar-refractivity contribution < 1.29 is 14.0 Å². The average Bonchev–Trinajstić information content (AvgIpc) is 3.16. The van der Waals surface area contributed by atoms with Crippen LogP contribution in [0.3, 0.4) is 0 Å². The van der Waals surface area contributed by atoms with Gasteiger partial charge in [0.25, 0.3) is 5.91 Å². The molecular weight excluding hydrogens is 400 g/mol. The minimum absolute atomic E-state index is 0.0977. The predicted octanol–water partition coefficient (Wildman–Crippen LogP) is 5.50. The molecule has 0 spiro atoms. The third kappa shape index (κ3) is 3.77. The molecule has 1 atom stereocenters. The second-order valence-corrected chi connectivity index (χ2v) is 9.01. The van der Waals surface area contributed by atoms with E-state index in [9.17, 15) is 9.59 Å². The molecule has 0 unspecified atom stereocenters. The zero-order chi connectivity index (χ0) is 22.2. The van der Waals surface area contributed by atoms with Crippen molar-refractivity contribution in [3.05, 3.63) is 76.5 Å². The van der Waals surface area contributed by atoms with E-state index in [1.165, 1.54) is 5.56 Å². The van der Waals surface area contributed by atoms with Gasteiger partial charge in [-0.05, 0) is 56.4 Å². The fourth-order valence-electron chi connectivity index (χ4n) is 5.10. The lowest BCUT2D eigenvalue weighted by Crippen LogP contribution is -2.39. The summed E-state index contributed by atoms with van der Waals surface area (Å²) in [6, 6.07) is 14.6. The Hall–Kier alpha value is -3.21. The molecule has 164 valence electrons. The second-order valence-electron chi connectivity index (χ2n) is 9.01. The number of likely N-dealkylation sites (tertiary alicyclic amines) is 1. The monoisotopic (exact) mass is 428 g/mol. The van der Waals surface area contributed by atoms with Gasteiger partial charge in [-0.1, -0.05) is 30.3 Å². The third-order valence-corrected chi connectivity index (χ3v) is 6.71. The van der Waals surface area contributed by atoms with E-state index < -0.39 is 0 Å². The van der Waals surface area contributed by atoms with Crippen LogP contribution in [0.5, 0.6) is 0 Å². The maximum atomic E-state index is 13.4. The van der Waals surface area contributed by atoms with Gasteiger partial charge < -0.3 is 9.32 Å². The molecule has 0 radical (unpaired) electrons. The van der Waals surface area contributed by atoms with Crippen LogP contribution in [0.1, 0.15) is 75.2 Å². The van der Waals surface area contributed by atoms with E-state index in [1.54, 1.807) is 0 Å². The molecule has 0 bridgehead atoms. The summed E-state index contributed by atoms with van der Waals surface area (Å²) in [6.07, 6.45) is 3.98. The highest BCUT2D eigenvalue weighted by Gasteiger charge is 2.33. The maximum absolute atomic E-state index is 13.4. The standard InChI is InChI=1S/C27H28N2O3/c1-17-14-21(19-8-4-3-5-9-19)15-22(28-17)20-10-7-13-29(16-20)27(31)26-18(2)25-23(30)11-6-12-24(25)32-26/h3-5,8-9,14-15,20H,6-7,10-13,16H2,1-2H3/t20-/m1/s1. The first kappa shape index (κ1) is 20.7. The fourth-order valence-corrected chi connectivity index (χ4v) is 5.10. The van der Waals surface area contributed by atoms with E-state index in [2.05, 4.69) is 24.3 Å². The lowest BCUT2D eigenvalue weighted by molar-refractivity contribution is 0.0670. The molecule has 3 heterocycles. The summed E-state index contributed by atoms with van der Waals surface area (Å²) in [4.78, 5) is 32.4. The number of hydrogen-bond donors (Lipinski definition) is 0. The average molecular weight is 429 g/mol. The summed E-state index contributed by atoms with van der Waals surface area (Å²) < 4.78 is 5.93. The molecule has 0 saturated carbocycles. The molecule has 1 aromatic carbocycles. The van der Waals surface area contributed by atoms with Crippen LogP contribution in [0, 0.1) is 13.8 Å². The molecule has 5 nitrogen and oxygen atoms in total. The summed E-state index contributed by atoms with van der Waals surface area (Å²) in [5.41, 5.74) is 5.69. The van der Waals surface area contributed by atoms with E-state index in [-0.39, 0.29) is 17.6 Å². The Morgan fingerprint density at radius 2 is 1.88 bits per heavy atom. The van der Waals surface area contributed by atoms with Gasteiger partial charge in [-0.15, -0.1) is 0 Å². The minimum atomic E-state index is -0.106. The van der Waals surface area contributed by atoms with Crippen LogP contribution in [-0.4, -0.2) is 34.7 Å². The summed E-state index contributed by atoms with van der Waals surface area (Å²) in [5.74, 6) is 1.20. The molecule has 2 aliphatic rings. The Balaban J connectivity index is 1.40. The summed E-state index contributed by atoms with van der Waals surface area (Å²) in [6.45, 7) is 5.18. The Labute approximate surface area is 188 Å². The van der Waals surface area contributed by atoms with Crippen LogP contribution in [0.15, 0.2) is 46.9 Å². The Kier molecular flexibility index (Phi) is 5.41. The van der Waals surface area contributed by atoms with Crippen LogP contribution >= 0.6 is 0 Å². The molecule has 1 aliphatic heterocycles. The number of rotatable bonds is 3. The van der Waals surface area contributed by atoms with Crippen LogP contribution in [0.4, 0.5) is 0 Å². The number of pyridine rings is 1. The van der Waals surface area contributed by atoms with Crippen molar-refractivity contribution >= 4 is 11.7 Å². The first-order valence-electron chi connectivity index (χ1n) is 11.5. The molecule has 3 aromatic rings. The molecular formula is C27H28N2O3. The van der Waals surface area contributed by atoms with Crippen LogP contribution < -0.4 is 0 Å². The summed E-state index contributed by atoms with van der Waals surface area (Å²) in [5, 5.41) is 0. The molecule has 5 rings (SSSR count). The fraction of sp³-hybridized carbons (Fsp3) is 0.370. The van der Waals surface area contributed by atoms with Crippen molar-refractivity contribution in [3.63, 3.8) is 0 Å². The van der Waals surface area contributed by atoms with Gasteiger partial charge in [0.2, 0.25) is 0 Å². The molecule has 1 aliphatic carbocycles. The second kappa shape index (κ2) is 8.38. The van der Waals surface area contributed by atoms with E-state index in [0.717, 1.165) is 42.6 Å². The van der Waals surface area contributed by atoms with Crippen LogP contribution in [0.25, 0.3) is 11.1 Å². The zero-order valence-electron chi connectivity index (χ0n) is 18.7. The number of ketones is 1. The molecule has 0 N–H and O–H groups in total. The number of aryl methyl sites for hydroxylation is 2. The van der Waals surface area contributed by atoms with Gasteiger partial charge >= 0.3 is 0 Å². The quantitative estimate of drug-likeness (QED) is 0.553. The van der Waals surface area contributed by atoms with Gasteiger partial charge in [-0.25, -0.2) is 0 Å². The number of benzene rings is 1. The molecule has 32 heavy (non-hydrogen) atoms. The van der Waals surface area contributed by atoms with Gasteiger partial charge in [0.15, 0.2) is 11.5 Å². The number of piperidine rings is 1. The lowest BCUT2D eigenvalue weighted by atomic mass is 9.91. The van der Waals surface area contributed by atoms with Crippen molar-refractivity contribution in [1.82, 2.24) is 9.88 Å². The number of hydrogen-bond acceptors (Lipinski definition) is 4. The number of nitrogens with zero attached hydrogens (tertiary/aromatic N) is 2. The van der Waals surface area contributed by atoms with Crippen molar-refractivity contribution in [2.75, 3.05) is 13.1 Å². The van der Waals surface area contributed by atoms with E-state index in [1.807, 2.05) is 36.9 Å². The predicted molar refractivity (Wildman–Crippen MR) is 123 cm³/mol. The number of aromatic nitrogens is 1. The Bertz CT molecular complexity index is 1180. The number of amides is 1. The molecule has 2 aromatic heterocycles. The Morgan fingerprint density at radius 1 is 1.06 bits per heavy atom. The SMILES string of the molecule is Cc1cc(-c2ccccc2)cc([C@@H]2CCCN(C(=O)c3oc4c(c3C)C(=O)CCC4)C2)n1. The van der Waals surface area contributed by atoms with Crippen LogP contribution in [0.2, 0.25) is 0 Å². The molecule has 1 amide bonds. The van der Waals surface area contributed by atoms with Crippen molar-refractivity contribution in [1.29, 1.82) is 0 Å². The normalized spacial score (nSPS) is 18.5. The number of carbonyl (C=O) groups excluding carboxylic acids is 2. The van der Waals surface area contributed by atoms with Gasteiger partial charge in [0.1, 0.15) is 5.76 Å². The Morgan fingerprint density at radius 3 is 2.66 bits per heavy atom. The zero-order valence-corrected chi connectivity index (χ0v) is 18.7. The van der Waals surface area contributed by atoms with Crippen molar-refractivity contribution in [2.24, 2.45) is 0 Å². The molecule has 1 saturated heterocycles. The number of carbonyl (C=O) groups is 2. The summed E-state index contributed by atoms with van der Waals surface area (Å²) >= 11 is 0. The highest BCUT2D eigenvalue weighted by Crippen LogP contribution is 2.33. The number of furan rings is 1. The first-order chi connectivity index (χ1) is 15.5. The summed E-state index contributed by atoms with van der Waals surface area (Å²) in [7, 11) is 0. The highest BCUT2D eigenvalue weighted by molar-refractivity contribution is 6.03. The van der Waals surface area contributed by atoms with Gasteiger partial charge in [0.05, 0.1) is 5.56 Å². The topological polar surface area (TPSA) is 63.4 Å². The molecule has 5 heteroatoms. The third-order valence-electron chi connectivity index (χ3n) is 6.71. The van der Waals surface area contributed by atoms with Crippen LogP contribution in [-0.2, 0) is 6.42 Å². The minimum Gasteiger partial charge on any atom is -0.455 e. The lowest BCUT2D eigenvalue weighted by Gasteiger charge is -2.32.